The van der Waals surface area contributed by atoms with Gasteiger partial charge < -0.3 is 15.1 Å². The Morgan fingerprint density at radius 3 is 2.67 bits per heavy atom. The van der Waals surface area contributed by atoms with Gasteiger partial charge in [0.15, 0.2) is 5.69 Å². The molecule has 0 aliphatic carbocycles. The Bertz CT molecular complexity index is 522. The largest absolute Gasteiger partial charge is 0.480 e. The molecule has 0 spiro atoms. The van der Waals surface area contributed by atoms with Crippen LogP contribution in [-0.2, 0) is 11.3 Å². The highest BCUT2D eigenvalue weighted by atomic mass is 16.4. The molecule has 1 aliphatic rings. The Balaban J connectivity index is 2.33. The second kappa shape index (κ2) is 4.47. The first kappa shape index (κ1) is 12.1. The zero-order chi connectivity index (χ0) is 13.3. The summed E-state index contributed by atoms with van der Waals surface area (Å²) in [5.41, 5.74) is -0.0957. The number of carbonyl (C=O) groups is 3. The van der Waals surface area contributed by atoms with Gasteiger partial charge in [0.2, 0.25) is 0 Å². The number of amides is 1. The lowest BCUT2D eigenvalue weighted by Crippen LogP contribution is -2.35. The van der Waals surface area contributed by atoms with Crippen molar-refractivity contribution in [2.24, 2.45) is 0 Å². The number of carbonyl (C=O) groups excluding carboxylic acids is 1. The van der Waals surface area contributed by atoms with Crippen LogP contribution in [0.15, 0.2) is 6.07 Å². The topological polar surface area (TPSA) is 113 Å². The summed E-state index contributed by atoms with van der Waals surface area (Å²) >= 11 is 0. The van der Waals surface area contributed by atoms with Gasteiger partial charge >= 0.3 is 11.9 Å². The van der Waals surface area contributed by atoms with E-state index in [9.17, 15) is 14.4 Å². The lowest BCUT2D eigenvalue weighted by Gasteiger charge is -2.16. The van der Waals surface area contributed by atoms with Crippen LogP contribution >= 0.6 is 0 Å². The van der Waals surface area contributed by atoms with E-state index in [4.69, 9.17) is 10.2 Å². The van der Waals surface area contributed by atoms with Crippen LogP contribution in [0.25, 0.3) is 0 Å². The first-order valence-corrected chi connectivity index (χ1v) is 5.31. The zero-order valence-corrected chi connectivity index (χ0v) is 9.37. The van der Waals surface area contributed by atoms with E-state index in [1.54, 1.807) is 0 Å². The van der Waals surface area contributed by atoms with Crippen LogP contribution in [0.2, 0.25) is 0 Å². The maximum absolute atomic E-state index is 12.0. The van der Waals surface area contributed by atoms with Gasteiger partial charge in [-0.1, -0.05) is 0 Å². The molecule has 8 heteroatoms. The zero-order valence-electron chi connectivity index (χ0n) is 9.37. The van der Waals surface area contributed by atoms with E-state index in [2.05, 4.69) is 5.10 Å². The summed E-state index contributed by atoms with van der Waals surface area (Å²) in [7, 11) is 0. The number of fused-ring (bicyclic) bond motifs is 1. The predicted octanol–water partition coefficient (Wildman–Crippen LogP) is -0.488. The maximum atomic E-state index is 12.0. The van der Waals surface area contributed by atoms with Gasteiger partial charge in [0.25, 0.3) is 5.91 Å². The van der Waals surface area contributed by atoms with Crippen LogP contribution in [0.3, 0.4) is 0 Å². The average Bonchev–Trinajstić information content (AvgIpc) is 2.65. The van der Waals surface area contributed by atoms with Crippen molar-refractivity contribution in [2.45, 2.75) is 13.0 Å². The Labute approximate surface area is 101 Å². The van der Waals surface area contributed by atoms with Crippen molar-refractivity contribution in [2.75, 3.05) is 13.1 Å². The fourth-order valence-corrected chi connectivity index (χ4v) is 1.85. The number of aliphatic carboxylic acids is 1. The summed E-state index contributed by atoms with van der Waals surface area (Å²) < 4.78 is 1.31. The minimum atomic E-state index is -1.21. The van der Waals surface area contributed by atoms with Crippen molar-refractivity contribution in [3.05, 3.63) is 17.5 Å². The van der Waals surface area contributed by atoms with Crippen molar-refractivity contribution >= 4 is 17.8 Å². The quantitative estimate of drug-likeness (QED) is 0.751. The van der Waals surface area contributed by atoms with Gasteiger partial charge in [-0.05, 0) is 6.42 Å². The lowest BCUT2D eigenvalue weighted by atomic mass is 10.3. The first-order chi connectivity index (χ1) is 8.49. The molecule has 1 aliphatic heterocycles. The molecule has 2 N–H and O–H groups in total. The third-order valence-electron chi connectivity index (χ3n) is 2.63. The van der Waals surface area contributed by atoms with Gasteiger partial charge in [0.1, 0.15) is 12.2 Å². The van der Waals surface area contributed by atoms with E-state index in [1.165, 1.54) is 15.6 Å². The summed E-state index contributed by atoms with van der Waals surface area (Å²) in [5, 5.41) is 21.3. The fourth-order valence-electron chi connectivity index (χ4n) is 1.85. The first-order valence-electron chi connectivity index (χ1n) is 5.31. The minimum Gasteiger partial charge on any atom is -0.480 e. The van der Waals surface area contributed by atoms with Crippen LogP contribution in [0.4, 0.5) is 0 Å². The highest BCUT2D eigenvalue weighted by Gasteiger charge is 2.27. The number of carboxylic acids is 2. The third-order valence-corrected chi connectivity index (χ3v) is 2.63. The second-order valence-electron chi connectivity index (χ2n) is 3.92. The Kier molecular flexibility index (Phi) is 3.00. The molecule has 2 heterocycles. The standard InChI is InChI=1S/C10H11N3O5/c14-8(15)5-12-2-1-3-13-7(9(12)16)4-6(11-13)10(17)18/h4H,1-3,5H2,(H,14,15)(H,17,18). The highest BCUT2D eigenvalue weighted by molar-refractivity contribution is 5.97. The number of carboxylic acid groups (broad SMARTS) is 2. The van der Waals surface area contributed by atoms with Crippen LogP contribution in [0.1, 0.15) is 27.4 Å². The van der Waals surface area contributed by atoms with Gasteiger partial charge in [-0.25, -0.2) is 4.79 Å². The van der Waals surface area contributed by atoms with Gasteiger partial charge in [-0.2, -0.15) is 5.10 Å². The second-order valence-corrected chi connectivity index (χ2v) is 3.92. The number of aromatic nitrogens is 2. The summed E-state index contributed by atoms with van der Waals surface area (Å²) in [6.07, 6.45) is 0.534. The van der Waals surface area contributed by atoms with E-state index in [0.717, 1.165) is 0 Å². The molecule has 0 bridgehead atoms. The molecule has 0 radical (unpaired) electrons. The molecule has 2 rings (SSSR count). The van der Waals surface area contributed by atoms with Crippen LogP contribution in [0.5, 0.6) is 0 Å². The molecule has 8 nitrogen and oxygen atoms in total. The molecule has 1 aromatic heterocycles. The fraction of sp³-hybridized carbons (Fsp3) is 0.400. The summed E-state index contributed by atoms with van der Waals surface area (Å²) in [6, 6.07) is 1.17. The smallest absolute Gasteiger partial charge is 0.356 e. The Hall–Kier alpha value is -2.38. The number of aromatic carboxylic acids is 1. The molecule has 0 unspecified atom stereocenters. The SMILES string of the molecule is O=C(O)CN1CCCn2nc(C(=O)O)cc2C1=O. The normalized spacial score (nSPS) is 15.1. The number of rotatable bonds is 3. The number of hydrogen-bond acceptors (Lipinski definition) is 4. The molecule has 96 valence electrons. The van der Waals surface area contributed by atoms with Gasteiger partial charge in [0, 0.05) is 19.2 Å². The average molecular weight is 253 g/mol. The minimum absolute atomic E-state index is 0.117. The number of aryl methyl sites for hydroxylation is 1. The van der Waals surface area contributed by atoms with E-state index in [1.807, 2.05) is 0 Å². The maximum Gasteiger partial charge on any atom is 0.356 e. The number of nitrogens with zero attached hydrogens (tertiary/aromatic N) is 3. The van der Waals surface area contributed by atoms with E-state index in [0.29, 0.717) is 19.5 Å². The van der Waals surface area contributed by atoms with Gasteiger partial charge in [-0.3, -0.25) is 14.3 Å². The predicted molar refractivity (Wildman–Crippen MR) is 57.3 cm³/mol. The molecule has 1 aromatic rings. The molecule has 0 atom stereocenters. The highest BCUT2D eigenvalue weighted by Crippen LogP contribution is 2.13. The Morgan fingerprint density at radius 1 is 1.33 bits per heavy atom. The van der Waals surface area contributed by atoms with Crippen molar-refractivity contribution in [3.8, 4) is 0 Å². The van der Waals surface area contributed by atoms with Crippen molar-refractivity contribution in [1.29, 1.82) is 0 Å². The monoisotopic (exact) mass is 253 g/mol. The third kappa shape index (κ3) is 2.17. The molecular formula is C10H11N3O5. The van der Waals surface area contributed by atoms with E-state index < -0.39 is 24.4 Å². The molecule has 0 saturated carbocycles. The van der Waals surface area contributed by atoms with Crippen LogP contribution in [-0.4, -0.2) is 55.8 Å². The molecule has 0 saturated heterocycles. The van der Waals surface area contributed by atoms with E-state index >= 15 is 0 Å². The van der Waals surface area contributed by atoms with Crippen molar-refractivity contribution in [3.63, 3.8) is 0 Å². The molecule has 1 amide bonds. The van der Waals surface area contributed by atoms with Crippen LogP contribution in [0, 0.1) is 0 Å². The summed E-state index contributed by atoms with van der Waals surface area (Å²) in [5.74, 6) is -2.82. The molecule has 0 aromatic carbocycles. The molecule has 18 heavy (non-hydrogen) atoms. The summed E-state index contributed by atoms with van der Waals surface area (Å²) in [6.45, 7) is 0.313. The summed E-state index contributed by atoms with van der Waals surface area (Å²) in [4.78, 5) is 34.6. The van der Waals surface area contributed by atoms with E-state index in [-0.39, 0.29) is 11.4 Å². The number of hydrogen-bond donors (Lipinski definition) is 2. The van der Waals surface area contributed by atoms with Crippen molar-refractivity contribution < 1.29 is 24.6 Å². The van der Waals surface area contributed by atoms with Gasteiger partial charge in [-0.15, -0.1) is 0 Å². The van der Waals surface area contributed by atoms with Crippen LogP contribution < -0.4 is 0 Å². The van der Waals surface area contributed by atoms with Gasteiger partial charge in [0.05, 0.1) is 0 Å². The van der Waals surface area contributed by atoms with Crippen molar-refractivity contribution in [1.82, 2.24) is 14.7 Å². The Morgan fingerprint density at radius 2 is 2.06 bits per heavy atom. The lowest BCUT2D eigenvalue weighted by molar-refractivity contribution is -0.137. The molecule has 0 fully saturated rings. The molecular weight excluding hydrogens is 242 g/mol.